The summed E-state index contributed by atoms with van der Waals surface area (Å²) in [7, 11) is 0. The summed E-state index contributed by atoms with van der Waals surface area (Å²) in [4.78, 5) is 0. The largest absolute Gasteiger partial charge is 0.0776 e. The van der Waals surface area contributed by atoms with Gasteiger partial charge >= 0.3 is 0 Å². The number of rotatable bonds is 9. The Bertz CT molecular complexity index is 10000. The first kappa shape index (κ1) is 88.9. The van der Waals surface area contributed by atoms with Gasteiger partial charge in [-0.2, -0.15) is 0 Å². The average Bonchev–Trinajstić information content (AvgIpc) is 1.74. The summed E-state index contributed by atoms with van der Waals surface area (Å²) in [5, 5.41) is 30.8. The molecule has 0 saturated carbocycles. The zero-order chi connectivity index (χ0) is 98.1. The quantitative estimate of drug-likeness (QED) is 0.126. The lowest BCUT2D eigenvalue weighted by Crippen LogP contribution is -2.15. The van der Waals surface area contributed by atoms with Gasteiger partial charge in [0, 0.05) is 16.2 Å². The summed E-state index contributed by atoms with van der Waals surface area (Å²) in [6.45, 7) is 14.3. The molecule has 3 aliphatic carbocycles. The van der Waals surface area contributed by atoms with Crippen LogP contribution in [0.1, 0.15) is 82.3 Å². The van der Waals surface area contributed by atoms with Crippen molar-refractivity contribution >= 4 is 129 Å². The van der Waals surface area contributed by atoms with Gasteiger partial charge in [0.25, 0.3) is 0 Å². The molecule has 0 unspecified atom stereocenters. The van der Waals surface area contributed by atoms with Gasteiger partial charge in [-0.15, -0.1) is 0 Å². The van der Waals surface area contributed by atoms with Crippen LogP contribution in [0.15, 0.2) is 510 Å². The van der Waals surface area contributed by atoms with Gasteiger partial charge in [-0.05, 0) is 339 Å². The van der Waals surface area contributed by atoms with E-state index in [0.717, 1.165) is 0 Å². The highest BCUT2D eigenvalue weighted by Crippen LogP contribution is 2.59. The maximum atomic E-state index is 2.48. The molecule has 0 amide bonds. The minimum atomic E-state index is -0.102. The third-order valence-corrected chi connectivity index (χ3v) is 33.1. The fourth-order valence-corrected chi connectivity index (χ4v) is 26.2. The molecule has 3 aliphatic rings. The van der Waals surface area contributed by atoms with Gasteiger partial charge in [-0.25, -0.2) is 0 Å². The van der Waals surface area contributed by atoms with E-state index in [-0.39, 0.29) is 23.7 Å². The summed E-state index contributed by atoms with van der Waals surface area (Å²) in [5.74, 6) is 0. The predicted octanol–water partition coefficient (Wildman–Crippen LogP) is 41.5. The normalized spacial score (nSPS) is 13.2. The van der Waals surface area contributed by atoms with E-state index in [4.69, 9.17) is 0 Å². The summed E-state index contributed by atoms with van der Waals surface area (Å²) in [6.07, 6.45) is 0. The molecule has 0 heteroatoms. The lowest BCUT2D eigenvalue weighted by molar-refractivity contribution is 0.661. The van der Waals surface area contributed by atoms with E-state index in [1.165, 1.54) is 296 Å². The maximum absolute atomic E-state index is 2.48. The molecule has 0 heterocycles. The predicted molar refractivity (Wildman–Crippen MR) is 638 cm³/mol. The molecular weight excluding hydrogens is 1780 g/mol. The highest BCUT2D eigenvalue weighted by molar-refractivity contribution is 6.29. The number of hydrogen-bond acceptors (Lipinski definition) is 0. The second-order valence-electron chi connectivity index (χ2n) is 42.1. The van der Waals surface area contributed by atoms with Crippen molar-refractivity contribution in [2.75, 3.05) is 0 Å². The zero-order valence-corrected chi connectivity index (χ0v) is 83.0. The zero-order valence-electron chi connectivity index (χ0n) is 83.0. The molecule has 0 N–H and O–H groups in total. The van der Waals surface area contributed by atoms with Crippen LogP contribution in [-0.2, 0) is 16.2 Å². The SMILES string of the molecule is C.CC1(C)c2cc(-c3c4ccccc4c(-c4ccc(-c5ccccc5)c5ccccc45)c4ccccc34)ccc2-c2cc3ccccc3cc21.CC1(C)c2ccc(-c3c4ccccc4c(-c4ccc(-c5ccccc5)c5ccccc45)c4ccccc34)cc2-c2c1ccc1ccccc21.CC1(C)c2ccc(-c3c4ccccc4c(-c4ccc(-c5ccccc5)c5ccccc45)c4ccccc34)cc2-c2cc3ccccc3cc21. The standard InChI is InChI=1S/3C49H34.CH4/c1-49(2)44-28-25-33(30-43(44)48-35-17-7-6-16-32(35)24-29-45(48)49)46-38-20-10-12-22-40(38)47(41-23-13-11-21-39(41)46)42-27-26-34(31-14-4-3-5-15-31)36-18-8-9-19-37(36)42;1-49(2)45-27-24-34(29-43(45)44-28-32-16-6-7-17-33(32)30-46(44)49)47-38-20-10-12-22-40(38)48(41-23-13-11-21-39(41)47)42-26-25-35(31-14-4-3-5-15-31)36-18-8-9-19-37(36)42;1-49(2)45-30-34(24-25-38(45)44-28-32-16-6-7-17-33(32)29-46(44)49)47-39-20-10-12-22-41(39)48(42-23-13-11-21-40(42)47)43-27-26-35(31-14-4-3-5-15-31)36-18-8-9-19-37(36)43;/h3*3-30H,1-2H3;1H4. The molecule has 0 aromatic heterocycles. The fraction of sp³-hybridized carbons (Fsp3) is 0.0676. The Morgan fingerprint density at radius 1 is 0.108 bits per heavy atom. The van der Waals surface area contributed by atoms with Crippen LogP contribution in [0, 0.1) is 0 Å². The molecule has 27 aromatic rings. The second kappa shape index (κ2) is 35.0. The summed E-state index contributed by atoms with van der Waals surface area (Å²) in [5.41, 5.74) is 39.3. The van der Waals surface area contributed by atoms with E-state index in [1.807, 2.05) is 0 Å². The molecule has 0 fully saturated rings. The third kappa shape index (κ3) is 13.9. The molecule has 0 bridgehead atoms. The summed E-state index contributed by atoms with van der Waals surface area (Å²) >= 11 is 0. The molecule has 0 nitrogen and oxygen atoms in total. The van der Waals surface area contributed by atoms with Gasteiger partial charge < -0.3 is 0 Å². The van der Waals surface area contributed by atoms with E-state index in [1.54, 1.807) is 0 Å². The van der Waals surface area contributed by atoms with Crippen molar-refractivity contribution in [3.8, 4) is 134 Å². The number of benzene rings is 27. The van der Waals surface area contributed by atoms with Crippen LogP contribution in [0.25, 0.3) is 263 Å². The average molecular weight is 1880 g/mol. The minimum Gasteiger partial charge on any atom is -0.0776 e. The first-order valence-corrected chi connectivity index (χ1v) is 51.8. The lowest BCUT2D eigenvalue weighted by Gasteiger charge is -2.23. The fourth-order valence-electron chi connectivity index (χ4n) is 26.2. The van der Waals surface area contributed by atoms with Crippen molar-refractivity contribution in [3.63, 3.8) is 0 Å². The molecule has 27 aromatic carbocycles. The Balaban J connectivity index is 0.000000109. The van der Waals surface area contributed by atoms with Gasteiger partial charge in [0.05, 0.1) is 0 Å². The van der Waals surface area contributed by atoms with E-state index >= 15 is 0 Å². The summed E-state index contributed by atoms with van der Waals surface area (Å²) in [6, 6.07) is 189. The first-order chi connectivity index (χ1) is 72.2. The van der Waals surface area contributed by atoms with E-state index in [2.05, 4.69) is 551 Å². The highest BCUT2D eigenvalue weighted by atomic mass is 14.4. The van der Waals surface area contributed by atoms with E-state index in [0.29, 0.717) is 0 Å². The number of hydrogen-bond donors (Lipinski definition) is 0. The van der Waals surface area contributed by atoms with Crippen molar-refractivity contribution < 1.29 is 0 Å². The molecular formula is C148H106. The second-order valence-corrected chi connectivity index (χ2v) is 42.1. The van der Waals surface area contributed by atoms with Crippen molar-refractivity contribution in [1.29, 1.82) is 0 Å². The van der Waals surface area contributed by atoms with Crippen LogP contribution >= 0.6 is 0 Å². The van der Waals surface area contributed by atoms with Gasteiger partial charge in [0.2, 0.25) is 0 Å². The van der Waals surface area contributed by atoms with E-state index in [9.17, 15) is 0 Å². The third-order valence-electron chi connectivity index (χ3n) is 33.1. The lowest BCUT2D eigenvalue weighted by atomic mass is 9.80. The van der Waals surface area contributed by atoms with Gasteiger partial charge in [-0.1, -0.05) is 516 Å². The van der Waals surface area contributed by atoms with Gasteiger partial charge in [-0.3, -0.25) is 0 Å². The summed E-state index contributed by atoms with van der Waals surface area (Å²) < 4.78 is 0. The van der Waals surface area contributed by atoms with Crippen LogP contribution in [0.3, 0.4) is 0 Å². The Morgan fingerprint density at radius 2 is 0.324 bits per heavy atom. The Morgan fingerprint density at radius 3 is 0.676 bits per heavy atom. The van der Waals surface area contributed by atoms with Crippen LogP contribution in [0.4, 0.5) is 0 Å². The monoisotopic (exact) mass is 1880 g/mol. The van der Waals surface area contributed by atoms with Crippen molar-refractivity contribution in [3.05, 3.63) is 543 Å². The van der Waals surface area contributed by atoms with Crippen molar-refractivity contribution in [2.24, 2.45) is 0 Å². The first-order valence-electron chi connectivity index (χ1n) is 51.8. The topological polar surface area (TPSA) is 0 Å². The van der Waals surface area contributed by atoms with Gasteiger partial charge in [0.1, 0.15) is 0 Å². The van der Waals surface area contributed by atoms with E-state index < -0.39 is 0 Å². The molecule has 0 radical (unpaired) electrons. The van der Waals surface area contributed by atoms with Crippen LogP contribution < -0.4 is 0 Å². The molecule has 0 spiro atoms. The highest BCUT2D eigenvalue weighted by Gasteiger charge is 2.41. The van der Waals surface area contributed by atoms with Gasteiger partial charge in [0.15, 0.2) is 0 Å². The van der Waals surface area contributed by atoms with Crippen molar-refractivity contribution in [1.82, 2.24) is 0 Å². The molecule has 0 atom stereocenters. The van der Waals surface area contributed by atoms with Crippen LogP contribution in [0.5, 0.6) is 0 Å². The Hall–Kier alpha value is -17.9. The van der Waals surface area contributed by atoms with Crippen LogP contribution in [-0.4, -0.2) is 0 Å². The van der Waals surface area contributed by atoms with Crippen molar-refractivity contribution in [2.45, 2.75) is 65.2 Å². The smallest absolute Gasteiger partial charge is 0.0159 e. The molecule has 698 valence electrons. The molecule has 0 aliphatic heterocycles. The van der Waals surface area contributed by atoms with Crippen LogP contribution in [0.2, 0.25) is 0 Å². The molecule has 148 heavy (non-hydrogen) atoms. The Kier molecular flexibility index (Phi) is 21.0. The molecule has 30 rings (SSSR count). The minimum absolute atomic E-state index is 0. The Labute approximate surface area is 864 Å². The maximum Gasteiger partial charge on any atom is 0.0159 e. The molecule has 0 saturated heterocycles. The number of fused-ring (bicyclic) bond motifs is 22.